The summed E-state index contributed by atoms with van der Waals surface area (Å²) in [5.41, 5.74) is 1.32. The van der Waals surface area contributed by atoms with E-state index in [9.17, 15) is 14.4 Å². The number of esters is 1. The van der Waals surface area contributed by atoms with Gasteiger partial charge in [0.15, 0.2) is 6.10 Å². The van der Waals surface area contributed by atoms with Crippen LogP contribution in [0.2, 0.25) is 0 Å². The van der Waals surface area contributed by atoms with E-state index in [1.165, 1.54) is 19.3 Å². The van der Waals surface area contributed by atoms with Crippen molar-refractivity contribution < 1.29 is 23.5 Å². The van der Waals surface area contributed by atoms with Gasteiger partial charge in [-0.25, -0.2) is 4.79 Å². The van der Waals surface area contributed by atoms with Gasteiger partial charge in [0.1, 0.15) is 11.3 Å². The number of amides is 1. The van der Waals surface area contributed by atoms with Gasteiger partial charge in [0, 0.05) is 17.7 Å². The van der Waals surface area contributed by atoms with Crippen LogP contribution in [0.1, 0.15) is 53.2 Å². The maximum atomic E-state index is 12.4. The molecule has 0 saturated heterocycles. The third-order valence-electron chi connectivity index (χ3n) is 3.66. The molecule has 132 valence electrons. The molecule has 0 fully saturated rings. The lowest BCUT2D eigenvalue weighted by atomic mass is 10.1. The zero-order valence-corrected chi connectivity index (χ0v) is 14.5. The van der Waals surface area contributed by atoms with E-state index < -0.39 is 12.1 Å². The second kappa shape index (κ2) is 8.28. The van der Waals surface area contributed by atoms with Crippen LogP contribution in [-0.2, 0) is 9.53 Å². The third-order valence-corrected chi connectivity index (χ3v) is 3.66. The van der Waals surface area contributed by atoms with Gasteiger partial charge in [0.05, 0.1) is 6.26 Å². The molecule has 2 aromatic rings. The Balaban J connectivity index is 1.98. The van der Waals surface area contributed by atoms with Crippen LogP contribution >= 0.6 is 0 Å². The largest absolute Gasteiger partial charge is 0.469 e. The quantitative estimate of drug-likeness (QED) is 0.611. The highest BCUT2D eigenvalue weighted by Crippen LogP contribution is 2.15. The van der Waals surface area contributed by atoms with E-state index in [-0.39, 0.29) is 11.7 Å². The number of ether oxygens (including phenoxy) is 1. The van der Waals surface area contributed by atoms with Crippen molar-refractivity contribution in [2.45, 2.75) is 39.7 Å². The fraction of sp³-hybridized carbons (Fsp3) is 0.316. The predicted molar refractivity (Wildman–Crippen MR) is 92.6 cm³/mol. The molecule has 2 rings (SSSR count). The summed E-state index contributed by atoms with van der Waals surface area (Å²) >= 11 is 0. The molecule has 0 radical (unpaired) electrons. The Morgan fingerprint density at radius 1 is 1.16 bits per heavy atom. The van der Waals surface area contributed by atoms with Gasteiger partial charge >= 0.3 is 5.97 Å². The fourth-order valence-electron chi connectivity index (χ4n) is 2.28. The number of carbonyl (C=O) groups excluding carboxylic acids is 3. The number of aryl methyl sites for hydroxylation is 1. The Labute approximate surface area is 146 Å². The van der Waals surface area contributed by atoms with E-state index in [2.05, 4.69) is 5.32 Å². The number of anilines is 1. The molecule has 0 bridgehead atoms. The number of hydrogen-bond acceptors (Lipinski definition) is 5. The molecule has 0 aliphatic heterocycles. The Kier molecular flexibility index (Phi) is 6.11. The number of ketones is 1. The summed E-state index contributed by atoms with van der Waals surface area (Å²) in [5, 5.41) is 2.75. The molecule has 1 unspecified atom stereocenters. The third kappa shape index (κ3) is 4.79. The smallest absolute Gasteiger partial charge is 0.342 e. The van der Waals surface area contributed by atoms with Crippen molar-refractivity contribution in [3.05, 3.63) is 53.5 Å². The van der Waals surface area contributed by atoms with Crippen molar-refractivity contribution in [3.63, 3.8) is 0 Å². The number of furan rings is 1. The standard InChI is InChI=1S/C19H21NO5/c1-4-5-17(21)20-15-8-6-14(7-9-15)18(22)13(3)25-19(23)16-10-11-24-12(16)2/h6-11,13H,4-5H2,1-3H3,(H,20,21). The molecule has 6 nitrogen and oxygen atoms in total. The lowest BCUT2D eigenvalue weighted by Crippen LogP contribution is -2.24. The van der Waals surface area contributed by atoms with Crippen molar-refractivity contribution in [1.29, 1.82) is 0 Å². The first kappa shape index (κ1) is 18.4. The van der Waals surface area contributed by atoms with Gasteiger partial charge in [-0.2, -0.15) is 0 Å². The number of Topliss-reactive ketones (excluding diaryl/α,β-unsaturated/α-hetero) is 1. The molecule has 0 aliphatic carbocycles. The number of nitrogens with one attached hydrogen (secondary N) is 1. The maximum Gasteiger partial charge on any atom is 0.342 e. The molecular formula is C19H21NO5. The highest BCUT2D eigenvalue weighted by atomic mass is 16.5. The van der Waals surface area contributed by atoms with Crippen LogP contribution in [0.3, 0.4) is 0 Å². The normalized spacial score (nSPS) is 11.6. The molecule has 0 aliphatic rings. The first-order valence-corrected chi connectivity index (χ1v) is 8.11. The van der Waals surface area contributed by atoms with Crippen molar-refractivity contribution in [1.82, 2.24) is 0 Å². The number of carbonyl (C=O) groups is 3. The van der Waals surface area contributed by atoms with Gasteiger partial charge in [0.2, 0.25) is 11.7 Å². The van der Waals surface area contributed by atoms with Gasteiger partial charge in [-0.3, -0.25) is 9.59 Å². The average molecular weight is 343 g/mol. The van der Waals surface area contributed by atoms with Crippen molar-refractivity contribution >= 4 is 23.3 Å². The summed E-state index contributed by atoms with van der Waals surface area (Å²) in [7, 11) is 0. The average Bonchev–Trinajstić information content (AvgIpc) is 3.01. The Morgan fingerprint density at radius 2 is 1.84 bits per heavy atom. The van der Waals surface area contributed by atoms with Crippen LogP contribution in [0, 0.1) is 6.92 Å². The molecule has 1 aromatic heterocycles. The van der Waals surface area contributed by atoms with Gasteiger partial charge in [0.25, 0.3) is 0 Å². The lowest BCUT2D eigenvalue weighted by molar-refractivity contribution is -0.116. The summed E-state index contributed by atoms with van der Waals surface area (Å²) in [6, 6.07) is 7.99. The summed E-state index contributed by atoms with van der Waals surface area (Å²) in [6.07, 6.45) is 1.68. The van der Waals surface area contributed by atoms with Crippen LogP contribution in [0.5, 0.6) is 0 Å². The van der Waals surface area contributed by atoms with Crippen molar-refractivity contribution in [2.24, 2.45) is 0 Å². The second-order valence-electron chi connectivity index (χ2n) is 5.68. The molecule has 25 heavy (non-hydrogen) atoms. The topological polar surface area (TPSA) is 85.6 Å². The lowest BCUT2D eigenvalue weighted by Gasteiger charge is -2.12. The molecule has 1 aromatic carbocycles. The first-order chi connectivity index (χ1) is 11.9. The van der Waals surface area contributed by atoms with Crippen LogP contribution in [0.4, 0.5) is 5.69 Å². The maximum absolute atomic E-state index is 12.4. The molecule has 0 saturated carbocycles. The van der Waals surface area contributed by atoms with Gasteiger partial charge in [-0.05, 0) is 50.6 Å². The second-order valence-corrected chi connectivity index (χ2v) is 5.68. The van der Waals surface area contributed by atoms with E-state index >= 15 is 0 Å². The number of rotatable bonds is 7. The molecule has 0 spiro atoms. The minimum atomic E-state index is -0.928. The monoisotopic (exact) mass is 343 g/mol. The van der Waals surface area contributed by atoms with Crippen LogP contribution < -0.4 is 5.32 Å². The van der Waals surface area contributed by atoms with Crippen LogP contribution in [0.15, 0.2) is 41.0 Å². The van der Waals surface area contributed by atoms with Gasteiger partial charge in [-0.15, -0.1) is 0 Å². The molecule has 1 amide bonds. The zero-order valence-electron chi connectivity index (χ0n) is 14.5. The molecule has 1 atom stereocenters. The minimum absolute atomic E-state index is 0.0700. The molecule has 1 heterocycles. The van der Waals surface area contributed by atoms with Gasteiger partial charge < -0.3 is 14.5 Å². The summed E-state index contributed by atoms with van der Waals surface area (Å²) < 4.78 is 10.3. The Hall–Kier alpha value is -2.89. The Bertz CT molecular complexity index is 760. The molecule has 6 heteroatoms. The Morgan fingerprint density at radius 3 is 2.40 bits per heavy atom. The van der Waals surface area contributed by atoms with Crippen LogP contribution in [-0.4, -0.2) is 23.8 Å². The van der Waals surface area contributed by atoms with Crippen LogP contribution in [0.25, 0.3) is 0 Å². The predicted octanol–water partition coefficient (Wildman–Crippen LogP) is 3.75. The van der Waals surface area contributed by atoms with E-state index in [0.29, 0.717) is 29.0 Å². The summed E-state index contributed by atoms with van der Waals surface area (Å²) in [6.45, 7) is 5.09. The highest BCUT2D eigenvalue weighted by Gasteiger charge is 2.22. The van der Waals surface area contributed by atoms with Gasteiger partial charge in [-0.1, -0.05) is 6.92 Å². The molecule has 1 N–H and O–H groups in total. The van der Waals surface area contributed by atoms with E-state index in [0.717, 1.165) is 6.42 Å². The fourth-order valence-corrected chi connectivity index (χ4v) is 2.28. The minimum Gasteiger partial charge on any atom is -0.469 e. The molecular weight excluding hydrogens is 322 g/mol. The van der Waals surface area contributed by atoms with E-state index in [1.807, 2.05) is 6.92 Å². The van der Waals surface area contributed by atoms with E-state index in [4.69, 9.17) is 9.15 Å². The van der Waals surface area contributed by atoms with Crippen molar-refractivity contribution in [2.75, 3.05) is 5.32 Å². The summed E-state index contributed by atoms with van der Waals surface area (Å²) in [5.74, 6) is -0.548. The zero-order chi connectivity index (χ0) is 18.4. The van der Waals surface area contributed by atoms with E-state index in [1.54, 1.807) is 31.2 Å². The van der Waals surface area contributed by atoms with Crippen molar-refractivity contribution in [3.8, 4) is 0 Å². The summed E-state index contributed by atoms with van der Waals surface area (Å²) in [4.78, 5) is 36.0. The first-order valence-electron chi connectivity index (χ1n) is 8.11. The SMILES string of the molecule is CCCC(=O)Nc1ccc(C(=O)C(C)OC(=O)c2ccoc2C)cc1. The highest BCUT2D eigenvalue weighted by molar-refractivity contribution is 6.02. The number of hydrogen-bond donors (Lipinski definition) is 1. The number of benzene rings is 1.